The Morgan fingerprint density at radius 1 is 1.38 bits per heavy atom. The molecule has 116 valence electrons. The quantitative estimate of drug-likeness (QED) is 0.807. The van der Waals surface area contributed by atoms with Crippen LogP contribution in [-0.2, 0) is 0 Å². The molecule has 5 nitrogen and oxygen atoms in total. The first-order valence-electron chi connectivity index (χ1n) is 6.97. The smallest absolute Gasteiger partial charge is 0.335 e. The number of carboxylic acids is 1. The van der Waals surface area contributed by atoms with E-state index in [1.165, 1.54) is 12.1 Å². The van der Waals surface area contributed by atoms with Crippen molar-refractivity contribution in [1.82, 2.24) is 4.90 Å². The van der Waals surface area contributed by atoms with Gasteiger partial charge in [-0.05, 0) is 47.0 Å². The van der Waals surface area contributed by atoms with Crippen LogP contribution in [-0.4, -0.2) is 35.1 Å². The van der Waals surface area contributed by atoms with E-state index in [-0.39, 0.29) is 11.6 Å². The van der Waals surface area contributed by atoms with E-state index in [0.717, 1.165) is 6.42 Å². The number of benzene rings is 1. The number of anilines is 1. The van der Waals surface area contributed by atoms with Gasteiger partial charge in [0.05, 0.1) is 11.3 Å². The molecule has 1 unspecified atom stereocenters. The summed E-state index contributed by atoms with van der Waals surface area (Å²) in [5, 5.41) is 11.8. The predicted molar refractivity (Wildman–Crippen MR) is 86.8 cm³/mol. The van der Waals surface area contributed by atoms with Crippen LogP contribution in [0.15, 0.2) is 22.7 Å². The van der Waals surface area contributed by atoms with Crippen molar-refractivity contribution in [2.24, 2.45) is 5.92 Å². The number of urea groups is 1. The second-order valence-electron chi connectivity index (χ2n) is 4.98. The van der Waals surface area contributed by atoms with E-state index in [1.807, 2.05) is 6.92 Å². The molecule has 0 radical (unpaired) electrons. The van der Waals surface area contributed by atoms with Crippen LogP contribution in [0.2, 0.25) is 0 Å². The molecule has 0 aliphatic rings. The van der Waals surface area contributed by atoms with Gasteiger partial charge in [-0.1, -0.05) is 20.3 Å². The van der Waals surface area contributed by atoms with E-state index in [9.17, 15) is 9.59 Å². The summed E-state index contributed by atoms with van der Waals surface area (Å²) in [5.41, 5.74) is 0.598. The summed E-state index contributed by atoms with van der Waals surface area (Å²) in [6.45, 7) is 7.38. The fraction of sp³-hybridized carbons (Fsp3) is 0.467. The number of hydrogen-bond acceptors (Lipinski definition) is 2. The zero-order valence-corrected chi connectivity index (χ0v) is 14.1. The molecule has 2 amide bonds. The molecule has 1 rings (SSSR count). The van der Waals surface area contributed by atoms with Gasteiger partial charge in [-0.3, -0.25) is 0 Å². The van der Waals surface area contributed by atoms with Crippen LogP contribution in [0.25, 0.3) is 0 Å². The monoisotopic (exact) mass is 356 g/mol. The molecule has 1 aromatic rings. The minimum atomic E-state index is -1.02. The first kappa shape index (κ1) is 17.5. The Bertz CT molecular complexity index is 520. The molecule has 0 aliphatic carbocycles. The molecule has 21 heavy (non-hydrogen) atoms. The highest BCUT2D eigenvalue weighted by molar-refractivity contribution is 9.10. The number of carbonyl (C=O) groups is 2. The predicted octanol–water partition coefficient (Wildman–Crippen LogP) is 4.05. The van der Waals surface area contributed by atoms with Crippen molar-refractivity contribution in [3.63, 3.8) is 0 Å². The van der Waals surface area contributed by atoms with E-state index in [2.05, 4.69) is 35.1 Å². The van der Waals surface area contributed by atoms with E-state index < -0.39 is 5.97 Å². The van der Waals surface area contributed by atoms with Gasteiger partial charge < -0.3 is 15.3 Å². The van der Waals surface area contributed by atoms with Crippen molar-refractivity contribution in [1.29, 1.82) is 0 Å². The highest BCUT2D eigenvalue weighted by Crippen LogP contribution is 2.24. The number of rotatable bonds is 6. The number of aromatic carboxylic acids is 1. The minimum absolute atomic E-state index is 0.137. The molecule has 1 aromatic carbocycles. The summed E-state index contributed by atoms with van der Waals surface area (Å²) < 4.78 is 0.653. The molecule has 0 fully saturated rings. The third-order valence-electron chi connectivity index (χ3n) is 3.35. The second kappa shape index (κ2) is 8.02. The summed E-state index contributed by atoms with van der Waals surface area (Å²) in [5.74, 6) is -0.602. The molecule has 0 spiro atoms. The fourth-order valence-corrected chi connectivity index (χ4v) is 2.16. The summed E-state index contributed by atoms with van der Waals surface area (Å²) >= 11 is 3.32. The van der Waals surface area contributed by atoms with Crippen LogP contribution in [0.5, 0.6) is 0 Å². The normalized spacial score (nSPS) is 11.8. The lowest BCUT2D eigenvalue weighted by molar-refractivity contribution is 0.0697. The lowest BCUT2D eigenvalue weighted by Crippen LogP contribution is -2.37. The van der Waals surface area contributed by atoms with Crippen molar-refractivity contribution in [3.05, 3.63) is 28.2 Å². The van der Waals surface area contributed by atoms with Gasteiger partial charge >= 0.3 is 12.0 Å². The van der Waals surface area contributed by atoms with Gasteiger partial charge in [0.1, 0.15) is 0 Å². The molecule has 2 N–H and O–H groups in total. The van der Waals surface area contributed by atoms with E-state index >= 15 is 0 Å². The van der Waals surface area contributed by atoms with Crippen molar-refractivity contribution in [3.8, 4) is 0 Å². The molecular formula is C15H21BrN2O3. The Morgan fingerprint density at radius 2 is 2.05 bits per heavy atom. The molecule has 0 saturated heterocycles. The van der Waals surface area contributed by atoms with Crippen LogP contribution in [0, 0.1) is 5.92 Å². The fourth-order valence-electron chi connectivity index (χ4n) is 1.81. The lowest BCUT2D eigenvalue weighted by Gasteiger charge is -2.24. The van der Waals surface area contributed by atoms with Gasteiger partial charge in [-0.15, -0.1) is 0 Å². The van der Waals surface area contributed by atoms with E-state index in [1.54, 1.807) is 11.0 Å². The largest absolute Gasteiger partial charge is 0.478 e. The molecule has 0 aromatic heterocycles. The topological polar surface area (TPSA) is 69.6 Å². The third-order valence-corrected chi connectivity index (χ3v) is 4.04. The SMILES string of the molecule is CCC(C)CN(CC)C(=O)Nc1cc(C(=O)O)ccc1Br. The summed E-state index contributed by atoms with van der Waals surface area (Å²) in [6, 6.07) is 4.32. The van der Waals surface area contributed by atoms with Crippen LogP contribution < -0.4 is 5.32 Å². The number of nitrogens with one attached hydrogen (secondary N) is 1. The molecular weight excluding hydrogens is 336 g/mol. The highest BCUT2D eigenvalue weighted by Gasteiger charge is 2.16. The Balaban J connectivity index is 2.86. The zero-order valence-electron chi connectivity index (χ0n) is 12.5. The summed E-state index contributed by atoms with van der Waals surface area (Å²) in [4.78, 5) is 25.0. The minimum Gasteiger partial charge on any atom is -0.478 e. The third kappa shape index (κ3) is 5.04. The maximum atomic E-state index is 12.3. The van der Waals surface area contributed by atoms with Crippen LogP contribution in [0.3, 0.4) is 0 Å². The van der Waals surface area contributed by atoms with E-state index in [4.69, 9.17) is 5.11 Å². The van der Waals surface area contributed by atoms with Gasteiger partial charge in [0.25, 0.3) is 0 Å². The summed E-state index contributed by atoms with van der Waals surface area (Å²) in [6.07, 6.45) is 1.00. The second-order valence-corrected chi connectivity index (χ2v) is 5.84. The van der Waals surface area contributed by atoms with Crippen molar-refractivity contribution in [2.45, 2.75) is 27.2 Å². The van der Waals surface area contributed by atoms with Gasteiger partial charge in [-0.2, -0.15) is 0 Å². The average Bonchev–Trinajstić information content (AvgIpc) is 2.46. The Hall–Kier alpha value is -1.56. The van der Waals surface area contributed by atoms with E-state index in [0.29, 0.717) is 29.2 Å². The molecule has 0 aliphatic heterocycles. The maximum absolute atomic E-state index is 12.3. The van der Waals surface area contributed by atoms with Gasteiger partial charge in [-0.25, -0.2) is 9.59 Å². The van der Waals surface area contributed by atoms with Crippen LogP contribution in [0.1, 0.15) is 37.6 Å². The van der Waals surface area contributed by atoms with Gasteiger partial charge in [0.2, 0.25) is 0 Å². The van der Waals surface area contributed by atoms with Gasteiger partial charge in [0, 0.05) is 17.6 Å². The number of amides is 2. The summed E-state index contributed by atoms with van der Waals surface area (Å²) in [7, 11) is 0. The number of halogens is 1. The van der Waals surface area contributed by atoms with Crippen LogP contribution >= 0.6 is 15.9 Å². The van der Waals surface area contributed by atoms with Gasteiger partial charge in [0.15, 0.2) is 0 Å². The first-order chi connectivity index (χ1) is 9.88. The van der Waals surface area contributed by atoms with Crippen molar-refractivity contribution >= 4 is 33.6 Å². The molecule has 0 heterocycles. The number of nitrogens with zero attached hydrogens (tertiary/aromatic N) is 1. The first-order valence-corrected chi connectivity index (χ1v) is 7.77. The van der Waals surface area contributed by atoms with Crippen LogP contribution in [0.4, 0.5) is 10.5 Å². The van der Waals surface area contributed by atoms with Crippen molar-refractivity contribution < 1.29 is 14.7 Å². The lowest BCUT2D eigenvalue weighted by atomic mass is 10.1. The Kier molecular flexibility index (Phi) is 6.68. The Labute approximate surface area is 133 Å². The highest BCUT2D eigenvalue weighted by atomic mass is 79.9. The molecule has 1 atom stereocenters. The Morgan fingerprint density at radius 3 is 2.57 bits per heavy atom. The maximum Gasteiger partial charge on any atom is 0.335 e. The molecule has 0 bridgehead atoms. The molecule has 6 heteroatoms. The zero-order chi connectivity index (χ0) is 16.0. The average molecular weight is 357 g/mol. The number of carbonyl (C=O) groups excluding carboxylic acids is 1. The number of hydrogen-bond donors (Lipinski definition) is 2. The van der Waals surface area contributed by atoms with Crippen molar-refractivity contribution in [2.75, 3.05) is 18.4 Å². The molecule has 0 saturated carbocycles. The number of carboxylic acid groups (broad SMARTS) is 1. The standard InChI is InChI=1S/C15H21BrN2O3/c1-4-10(3)9-18(5-2)15(21)17-13-8-11(14(19)20)6-7-12(13)16/h6-8,10H,4-5,9H2,1-3H3,(H,17,21)(H,19,20).